The number of hydrogen-bond acceptors (Lipinski definition) is 4. The first-order valence-electron chi connectivity index (χ1n) is 8.06. The molecule has 0 aromatic heterocycles. The Morgan fingerprint density at radius 3 is 2.48 bits per heavy atom. The summed E-state index contributed by atoms with van der Waals surface area (Å²) < 4.78 is 27.6. The van der Waals surface area contributed by atoms with Crippen LogP contribution in [0.25, 0.3) is 0 Å². The lowest BCUT2D eigenvalue weighted by Gasteiger charge is -2.29. The fourth-order valence-corrected chi connectivity index (χ4v) is 4.08. The Kier molecular flexibility index (Phi) is 5.51. The van der Waals surface area contributed by atoms with Crippen molar-refractivity contribution < 1.29 is 18.6 Å². The quantitative estimate of drug-likeness (QED) is 0.734. The summed E-state index contributed by atoms with van der Waals surface area (Å²) >= 11 is 0. The third-order valence-corrected chi connectivity index (χ3v) is 5.95. The molecule has 2 rings (SSSR count). The van der Waals surface area contributed by atoms with Crippen molar-refractivity contribution in [2.45, 2.75) is 63.5 Å². The molecule has 3 N–H and O–H groups in total. The first-order chi connectivity index (χ1) is 10.6. The van der Waals surface area contributed by atoms with E-state index in [0.29, 0.717) is 0 Å². The van der Waals surface area contributed by atoms with E-state index in [2.05, 4.69) is 4.72 Å². The summed E-state index contributed by atoms with van der Waals surface area (Å²) in [6.07, 6.45) is 2.43. The van der Waals surface area contributed by atoms with Crippen LogP contribution in [-0.2, 0) is 22.9 Å². The third kappa shape index (κ3) is 4.53. The maximum absolute atomic E-state index is 12.5. The Bertz CT molecular complexity index is 649. The molecule has 0 radical (unpaired) electrons. The molecule has 1 aliphatic rings. The van der Waals surface area contributed by atoms with Crippen LogP contribution in [0.5, 0.6) is 0 Å². The minimum absolute atomic E-state index is 0.171. The van der Waals surface area contributed by atoms with Crippen molar-refractivity contribution in [2.75, 3.05) is 6.61 Å². The lowest BCUT2D eigenvalue weighted by Crippen LogP contribution is -2.42. The molecule has 0 amide bonds. The van der Waals surface area contributed by atoms with Crippen LogP contribution < -0.4 is 4.72 Å². The van der Waals surface area contributed by atoms with Crippen LogP contribution in [0.2, 0.25) is 0 Å². The number of aliphatic hydroxyl groups excluding tert-OH is 2. The standard InChI is InChI=1S/C17H27NO4S/c1-17(2,3)16(20)10-14(11-19)18-23(21,22)15-8-7-12-5-4-6-13(12)9-15/h7-9,14,16,18-20H,4-6,10-11H2,1-3H3/t14-,16-/m0/s1. The van der Waals surface area contributed by atoms with Crippen molar-refractivity contribution in [1.82, 2.24) is 4.72 Å². The first-order valence-corrected chi connectivity index (χ1v) is 9.55. The molecule has 1 aromatic carbocycles. The maximum atomic E-state index is 12.5. The lowest BCUT2D eigenvalue weighted by atomic mass is 9.86. The monoisotopic (exact) mass is 341 g/mol. The summed E-state index contributed by atoms with van der Waals surface area (Å²) in [7, 11) is -3.71. The smallest absolute Gasteiger partial charge is 0.240 e. The van der Waals surface area contributed by atoms with Crippen LogP contribution >= 0.6 is 0 Å². The zero-order valence-electron chi connectivity index (χ0n) is 14.0. The van der Waals surface area contributed by atoms with Crippen molar-refractivity contribution >= 4 is 10.0 Å². The maximum Gasteiger partial charge on any atom is 0.240 e. The number of aryl methyl sites for hydroxylation is 2. The number of fused-ring (bicyclic) bond motifs is 1. The number of benzene rings is 1. The second kappa shape index (κ2) is 6.89. The topological polar surface area (TPSA) is 86.6 Å². The van der Waals surface area contributed by atoms with Gasteiger partial charge in [0.05, 0.1) is 17.6 Å². The van der Waals surface area contributed by atoms with Gasteiger partial charge >= 0.3 is 0 Å². The highest BCUT2D eigenvalue weighted by molar-refractivity contribution is 7.89. The predicted molar refractivity (Wildman–Crippen MR) is 89.7 cm³/mol. The number of hydrogen-bond donors (Lipinski definition) is 3. The van der Waals surface area contributed by atoms with Crippen molar-refractivity contribution in [3.05, 3.63) is 29.3 Å². The van der Waals surface area contributed by atoms with Crippen molar-refractivity contribution in [3.8, 4) is 0 Å². The summed E-state index contributed by atoms with van der Waals surface area (Å²) in [6, 6.07) is 4.50. The lowest BCUT2D eigenvalue weighted by molar-refractivity contribution is 0.0420. The van der Waals surface area contributed by atoms with Gasteiger partial charge in [-0.3, -0.25) is 0 Å². The average molecular weight is 341 g/mol. The zero-order chi connectivity index (χ0) is 17.3. The molecule has 2 atom stereocenters. The molecule has 0 bridgehead atoms. The Labute approximate surface area is 138 Å². The molecule has 1 aromatic rings. The Morgan fingerprint density at radius 2 is 1.87 bits per heavy atom. The number of sulfonamides is 1. The zero-order valence-corrected chi connectivity index (χ0v) is 14.9. The van der Waals surface area contributed by atoms with E-state index >= 15 is 0 Å². The molecule has 0 unspecified atom stereocenters. The van der Waals surface area contributed by atoms with Gasteiger partial charge < -0.3 is 10.2 Å². The molecular formula is C17H27NO4S. The molecule has 0 heterocycles. The molecule has 1 aliphatic carbocycles. The predicted octanol–water partition coefficient (Wildman–Crippen LogP) is 1.61. The van der Waals surface area contributed by atoms with Crippen molar-refractivity contribution in [1.29, 1.82) is 0 Å². The molecule has 23 heavy (non-hydrogen) atoms. The van der Waals surface area contributed by atoms with Crippen LogP contribution in [-0.4, -0.2) is 37.4 Å². The van der Waals surface area contributed by atoms with Crippen LogP contribution in [0.1, 0.15) is 44.7 Å². The number of rotatable bonds is 6. The minimum atomic E-state index is -3.71. The fraction of sp³-hybridized carbons (Fsp3) is 0.647. The van der Waals surface area contributed by atoms with Gasteiger partial charge in [0, 0.05) is 6.04 Å². The van der Waals surface area contributed by atoms with Gasteiger partial charge in [-0.15, -0.1) is 0 Å². The number of nitrogens with one attached hydrogen (secondary N) is 1. The Balaban J connectivity index is 2.13. The van der Waals surface area contributed by atoms with E-state index in [-0.39, 0.29) is 23.3 Å². The molecule has 0 aliphatic heterocycles. The molecule has 0 saturated carbocycles. The Morgan fingerprint density at radius 1 is 1.22 bits per heavy atom. The van der Waals surface area contributed by atoms with E-state index in [9.17, 15) is 18.6 Å². The largest absolute Gasteiger partial charge is 0.395 e. The first kappa shape index (κ1) is 18.4. The normalized spacial score (nSPS) is 17.8. The van der Waals surface area contributed by atoms with E-state index in [4.69, 9.17) is 0 Å². The second-order valence-corrected chi connectivity index (χ2v) is 9.12. The molecule has 6 heteroatoms. The summed E-state index contributed by atoms with van der Waals surface area (Å²) in [5.41, 5.74) is 1.93. The summed E-state index contributed by atoms with van der Waals surface area (Å²) in [5.74, 6) is 0. The van der Waals surface area contributed by atoms with Gasteiger partial charge in [0.15, 0.2) is 0 Å². The van der Waals surface area contributed by atoms with Crippen LogP contribution in [0.15, 0.2) is 23.1 Å². The summed E-state index contributed by atoms with van der Waals surface area (Å²) in [5, 5.41) is 19.6. The van der Waals surface area contributed by atoms with E-state index in [1.807, 2.05) is 26.8 Å². The second-order valence-electron chi connectivity index (χ2n) is 7.40. The third-order valence-electron chi connectivity index (χ3n) is 4.43. The summed E-state index contributed by atoms with van der Waals surface area (Å²) in [6.45, 7) is 5.28. The molecular weight excluding hydrogens is 314 g/mol. The van der Waals surface area contributed by atoms with Crippen LogP contribution in [0, 0.1) is 5.41 Å². The average Bonchev–Trinajstić information content (AvgIpc) is 2.92. The van der Waals surface area contributed by atoms with Gasteiger partial charge in [-0.1, -0.05) is 26.8 Å². The van der Waals surface area contributed by atoms with Crippen molar-refractivity contribution in [3.63, 3.8) is 0 Å². The van der Waals surface area contributed by atoms with Crippen LogP contribution in [0.4, 0.5) is 0 Å². The minimum Gasteiger partial charge on any atom is -0.395 e. The SMILES string of the molecule is CC(C)(C)[C@@H](O)C[C@@H](CO)NS(=O)(=O)c1ccc2c(c1)CCC2. The van der Waals surface area contributed by atoms with E-state index < -0.39 is 22.2 Å². The van der Waals surface area contributed by atoms with Gasteiger partial charge in [-0.25, -0.2) is 13.1 Å². The molecule has 0 spiro atoms. The van der Waals surface area contributed by atoms with Gasteiger partial charge in [0.2, 0.25) is 10.0 Å². The highest BCUT2D eigenvalue weighted by Gasteiger charge is 2.28. The van der Waals surface area contributed by atoms with Gasteiger partial charge in [0.1, 0.15) is 0 Å². The van der Waals surface area contributed by atoms with Gasteiger partial charge in [0.25, 0.3) is 0 Å². The summed E-state index contributed by atoms with van der Waals surface area (Å²) in [4.78, 5) is 0.224. The molecule has 5 nitrogen and oxygen atoms in total. The fourth-order valence-electron chi connectivity index (χ4n) is 2.79. The highest BCUT2D eigenvalue weighted by atomic mass is 32.2. The number of aliphatic hydroxyl groups is 2. The highest BCUT2D eigenvalue weighted by Crippen LogP contribution is 2.26. The van der Waals surface area contributed by atoms with E-state index in [1.165, 1.54) is 5.56 Å². The molecule has 0 saturated heterocycles. The van der Waals surface area contributed by atoms with Gasteiger partial charge in [-0.05, 0) is 54.4 Å². The van der Waals surface area contributed by atoms with E-state index in [0.717, 1.165) is 24.8 Å². The van der Waals surface area contributed by atoms with E-state index in [1.54, 1.807) is 12.1 Å². The van der Waals surface area contributed by atoms with Crippen LogP contribution in [0.3, 0.4) is 0 Å². The van der Waals surface area contributed by atoms with Crippen molar-refractivity contribution in [2.24, 2.45) is 5.41 Å². The molecule has 130 valence electrons. The molecule has 0 fully saturated rings. The Hall–Kier alpha value is -0.950. The van der Waals surface area contributed by atoms with Gasteiger partial charge in [-0.2, -0.15) is 0 Å².